The van der Waals surface area contributed by atoms with E-state index in [1.54, 1.807) is 24.3 Å². The molecule has 39 heavy (non-hydrogen) atoms. The first-order chi connectivity index (χ1) is 18.5. The molecule has 0 bridgehead atoms. The van der Waals surface area contributed by atoms with Crippen molar-refractivity contribution in [2.75, 3.05) is 4.90 Å². The monoisotopic (exact) mass is 594 g/mol. The van der Waals surface area contributed by atoms with E-state index in [9.17, 15) is 39.7 Å². The van der Waals surface area contributed by atoms with Crippen LogP contribution in [0.5, 0.6) is 0 Å². The average Bonchev–Trinajstić information content (AvgIpc) is 3.38. The third-order valence-electron chi connectivity index (χ3n) is 7.19. The number of halogens is 1. The first-order valence-electron chi connectivity index (χ1n) is 11.7. The molecule has 13 heteroatoms. The van der Waals surface area contributed by atoms with Gasteiger partial charge in [-0.15, -0.1) is 0 Å². The number of anilines is 1. The summed E-state index contributed by atoms with van der Waals surface area (Å²) in [5.74, 6) is -5.37. The van der Waals surface area contributed by atoms with Crippen LogP contribution in [-0.4, -0.2) is 38.3 Å². The SMILES string of the molecule is O=C1C2C(c3ccc(Br)cc3)NC(Cc3ccc([N+](=O)[O-])cc3)(C(=O)O)C2C(=O)N1c1cccc([N+](=O)[O-])c1. The number of carboxylic acids is 1. The van der Waals surface area contributed by atoms with Crippen LogP contribution in [0.2, 0.25) is 0 Å². The van der Waals surface area contributed by atoms with Crippen molar-refractivity contribution in [2.45, 2.75) is 18.0 Å². The van der Waals surface area contributed by atoms with Crippen LogP contribution in [0.25, 0.3) is 0 Å². The number of rotatable bonds is 7. The molecule has 12 nitrogen and oxygen atoms in total. The Morgan fingerprint density at radius 1 is 0.949 bits per heavy atom. The molecule has 2 aliphatic heterocycles. The number of fused-ring (bicyclic) bond motifs is 1. The predicted molar refractivity (Wildman–Crippen MR) is 140 cm³/mol. The molecule has 0 saturated carbocycles. The van der Waals surface area contributed by atoms with Crippen molar-refractivity contribution in [2.24, 2.45) is 11.8 Å². The molecule has 2 heterocycles. The number of hydrogen-bond acceptors (Lipinski definition) is 8. The highest BCUT2D eigenvalue weighted by Crippen LogP contribution is 2.51. The second-order valence-electron chi connectivity index (χ2n) is 9.34. The van der Waals surface area contributed by atoms with E-state index in [-0.39, 0.29) is 23.5 Å². The zero-order chi connectivity index (χ0) is 28.1. The lowest BCUT2D eigenvalue weighted by atomic mass is 9.76. The van der Waals surface area contributed by atoms with Crippen LogP contribution in [0.15, 0.2) is 77.3 Å². The maximum absolute atomic E-state index is 13.9. The summed E-state index contributed by atoms with van der Waals surface area (Å²) in [5, 5.41) is 36.0. The van der Waals surface area contributed by atoms with Gasteiger partial charge in [-0.3, -0.25) is 39.9 Å². The van der Waals surface area contributed by atoms with E-state index in [0.29, 0.717) is 11.1 Å². The number of nitro groups is 2. The molecule has 0 aliphatic carbocycles. The Morgan fingerprint density at radius 3 is 2.18 bits per heavy atom. The van der Waals surface area contributed by atoms with E-state index in [4.69, 9.17) is 0 Å². The van der Waals surface area contributed by atoms with Crippen LogP contribution in [0.1, 0.15) is 17.2 Å². The van der Waals surface area contributed by atoms with E-state index < -0.39 is 51.0 Å². The normalized spacial score (nSPS) is 24.0. The third kappa shape index (κ3) is 4.34. The van der Waals surface area contributed by atoms with Gasteiger partial charge in [0.05, 0.1) is 27.4 Å². The minimum atomic E-state index is -1.96. The third-order valence-corrected chi connectivity index (χ3v) is 7.72. The largest absolute Gasteiger partial charge is 0.480 e. The topological polar surface area (TPSA) is 173 Å². The fourth-order valence-electron chi connectivity index (χ4n) is 5.45. The molecule has 0 radical (unpaired) electrons. The van der Waals surface area contributed by atoms with Crippen molar-refractivity contribution < 1.29 is 29.3 Å². The van der Waals surface area contributed by atoms with Gasteiger partial charge >= 0.3 is 5.97 Å². The second-order valence-corrected chi connectivity index (χ2v) is 10.3. The Morgan fingerprint density at radius 2 is 1.59 bits per heavy atom. The lowest BCUT2D eigenvalue weighted by Crippen LogP contribution is -2.57. The molecule has 0 aromatic heterocycles. The number of nitro benzene ring substituents is 2. The number of imide groups is 1. The Kier molecular flexibility index (Phi) is 6.48. The molecule has 3 aromatic carbocycles. The van der Waals surface area contributed by atoms with Gasteiger partial charge in [0.15, 0.2) is 0 Å². The molecule has 2 aliphatic rings. The number of nitrogens with zero attached hydrogens (tertiary/aromatic N) is 3. The Hall–Kier alpha value is -4.49. The number of carbonyl (C=O) groups is 3. The molecule has 0 spiro atoms. The summed E-state index contributed by atoms with van der Waals surface area (Å²) in [4.78, 5) is 62.7. The van der Waals surface area contributed by atoms with Crippen LogP contribution >= 0.6 is 15.9 Å². The van der Waals surface area contributed by atoms with Crippen molar-refractivity contribution in [1.82, 2.24) is 5.32 Å². The van der Waals surface area contributed by atoms with Crippen molar-refractivity contribution in [1.29, 1.82) is 0 Å². The molecule has 4 unspecified atom stereocenters. The van der Waals surface area contributed by atoms with Gasteiger partial charge in [0.1, 0.15) is 5.54 Å². The summed E-state index contributed by atoms with van der Waals surface area (Å²) >= 11 is 3.35. The van der Waals surface area contributed by atoms with E-state index >= 15 is 0 Å². The lowest BCUT2D eigenvalue weighted by Gasteiger charge is -2.31. The second kappa shape index (κ2) is 9.67. The fourth-order valence-corrected chi connectivity index (χ4v) is 5.72. The summed E-state index contributed by atoms with van der Waals surface area (Å²) in [6.45, 7) is 0. The highest BCUT2D eigenvalue weighted by Gasteiger charge is 2.68. The number of benzene rings is 3. The van der Waals surface area contributed by atoms with Crippen LogP contribution < -0.4 is 10.2 Å². The molecular formula is C26H19BrN4O8. The fraction of sp³-hybridized carbons (Fsp3) is 0.192. The number of carbonyl (C=O) groups excluding carboxylic acids is 2. The van der Waals surface area contributed by atoms with Crippen LogP contribution in [0, 0.1) is 32.1 Å². The van der Waals surface area contributed by atoms with Gasteiger partial charge in [-0.1, -0.05) is 46.3 Å². The molecule has 2 N–H and O–H groups in total. The zero-order valence-electron chi connectivity index (χ0n) is 19.9. The molecule has 4 atom stereocenters. The minimum absolute atomic E-state index is 0.0298. The van der Waals surface area contributed by atoms with Crippen molar-refractivity contribution >= 4 is 50.8 Å². The first-order valence-corrected chi connectivity index (χ1v) is 12.4. The maximum Gasteiger partial charge on any atom is 0.325 e. The van der Waals surface area contributed by atoms with Gasteiger partial charge in [0.25, 0.3) is 11.4 Å². The van der Waals surface area contributed by atoms with Crippen molar-refractivity contribution in [3.05, 3.63) is 109 Å². The van der Waals surface area contributed by atoms with Crippen LogP contribution in [0.3, 0.4) is 0 Å². The Labute approximate surface area is 228 Å². The summed E-state index contributed by atoms with van der Waals surface area (Å²) in [5.41, 5.74) is -1.53. The van der Waals surface area contributed by atoms with Crippen molar-refractivity contribution in [3.63, 3.8) is 0 Å². The van der Waals surface area contributed by atoms with E-state index in [0.717, 1.165) is 15.4 Å². The molecule has 5 rings (SSSR count). The molecule has 2 fully saturated rings. The van der Waals surface area contributed by atoms with Crippen LogP contribution in [-0.2, 0) is 20.8 Å². The van der Waals surface area contributed by atoms with E-state index in [1.807, 2.05) is 0 Å². The van der Waals surface area contributed by atoms with Gasteiger partial charge in [0.2, 0.25) is 11.8 Å². The average molecular weight is 595 g/mol. The molecule has 2 amide bonds. The summed E-state index contributed by atoms with van der Waals surface area (Å²) < 4.78 is 0.753. The Bertz CT molecular complexity index is 1530. The Balaban J connectivity index is 1.63. The number of nitrogens with one attached hydrogen (secondary N) is 1. The highest BCUT2D eigenvalue weighted by atomic mass is 79.9. The first kappa shape index (κ1) is 26.1. The predicted octanol–water partition coefficient (Wildman–Crippen LogP) is 3.78. The number of hydrogen-bond donors (Lipinski definition) is 2. The summed E-state index contributed by atoms with van der Waals surface area (Å²) in [7, 11) is 0. The van der Waals surface area contributed by atoms with E-state index in [1.165, 1.54) is 42.5 Å². The standard InChI is InChI=1S/C26H19BrN4O8/c27-16-8-6-15(7-9-16)22-20-21(24(33)29(23(20)32)18-2-1-3-19(12-18)31(38)39)26(28-22,25(34)35)13-14-4-10-17(11-5-14)30(36)37/h1-12,20-22,28H,13H2,(H,34,35). The van der Waals surface area contributed by atoms with Gasteiger partial charge in [-0.25, -0.2) is 4.90 Å². The van der Waals surface area contributed by atoms with Gasteiger partial charge < -0.3 is 5.11 Å². The quantitative estimate of drug-likeness (QED) is 0.234. The zero-order valence-corrected chi connectivity index (χ0v) is 21.5. The molecule has 2 saturated heterocycles. The van der Waals surface area contributed by atoms with Gasteiger partial charge in [-0.05, 0) is 29.3 Å². The lowest BCUT2D eigenvalue weighted by molar-refractivity contribution is -0.385. The smallest absolute Gasteiger partial charge is 0.325 e. The molecular weight excluding hydrogens is 576 g/mol. The maximum atomic E-state index is 13.9. The van der Waals surface area contributed by atoms with Crippen molar-refractivity contribution in [3.8, 4) is 0 Å². The number of aliphatic carboxylic acids is 1. The number of carboxylic acid groups (broad SMARTS) is 1. The van der Waals surface area contributed by atoms with Gasteiger partial charge in [-0.2, -0.15) is 0 Å². The van der Waals surface area contributed by atoms with E-state index in [2.05, 4.69) is 21.2 Å². The summed E-state index contributed by atoms with van der Waals surface area (Å²) in [6, 6.07) is 16.3. The minimum Gasteiger partial charge on any atom is -0.480 e. The van der Waals surface area contributed by atoms with Gasteiger partial charge in [0, 0.05) is 41.2 Å². The molecule has 198 valence electrons. The summed E-state index contributed by atoms with van der Waals surface area (Å²) in [6.07, 6.45) is -0.254. The van der Waals surface area contributed by atoms with Crippen LogP contribution in [0.4, 0.5) is 17.1 Å². The highest BCUT2D eigenvalue weighted by molar-refractivity contribution is 9.10. The number of amides is 2. The number of non-ortho nitro benzene ring substituents is 2. The molecule has 3 aromatic rings.